The predicted molar refractivity (Wildman–Crippen MR) is 44.0 cm³/mol. The summed E-state index contributed by atoms with van der Waals surface area (Å²) in [6.07, 6.45) is 0. The van der Waals surface area contributed by atoms with E-state index in [0.717, 1.165) is 5.56 Å². The van der Waals surface area contributed by atoms with Gasteiger partial charge in [0.05, 0.1) is 0 Å². The summed E-state index contributed by atoms with van der Waals surface area (Å²) in [7, 11) is 0. The minimum absolute atomic E-state index is 0.303. The molecule has 1 N–H and O–H groups in total. The van der Waals surface area contributed by atoms with Crippen LogP contribution in [0.15, 0.2) is 30.3 Å². The van der Waals surface area contributed by atoms with E-state index in [1.54, 1.807) is 0 Å². The summed E-state index contributed by atoms with van der Waals surface area (Å²) in [6.45, 7) is 0. The second-order valence-electron chi connectivity index (χ2n) is 1.88. The van der Waals surface area contributed by atoms with Crippen molar-refractivity contribution < 1.29 is 0 Å². The molecule has 1 aromatic carbocycles. The Kier molecular flexibility index (Phi) is 3.00. The molecule has 1 aromatic rings. The van der Waals surface area contributed by atoms with Crippen molar-refractivity contribution in [2.75, 3.05) is 0 Å². The van der Waals surface area contributed by atoms with Crippen molar-refractivity contribution in [1.82, 2.24) is 4.84 Å². The van der Waals surface area contributed by atoms with Crippen LogP contribution in [-0.4, -0.2) is 0 Å². The quantitative estimate of drug-likeness (QED) is 0.415. The standard InChI is InChI=1S/C7H7Cl2N/c8-7(10-9)6-4-2-1-3-5-6/h1-5,7,10H. The fraction of sp³-hybridized carbons (Fsp3) is 0.143. The molecular weight excluding hydrogens is 169 g/mol. The van der Waals surface area contributed by atoms with E-state index in [-0.39, 0.29) is 5.50 Å². The van der Waals surface area contributed by atoms with Crippen LogP contribution in [0.1, 0.15) is 11.1 Å². The maximum atomic E-state index is 5.75. The first-order valence-electron chi connectivity index (χ1n) is 2.90. The summed E-state index contributed by atoms with van der Waals surface area (Å²) in [4.78, 5) is 2.42. The molecule has 0 radical (unpaired) electrons. The molecule has 0 aliphatic heterocycles. The van der Waals surface area contributed by atoms with Crippen LogP contribution in [0.25, 0.3) is 0 Å². The average Bonchev–Trinajstić information content (AvgIpc) is 2.05. The minimum atomic E-state index is -0.303. The summed E-state index contributed by atoms with van der Waals surface area (Å²) in [6, 6.07) is 9.58. The van der Waals surface area contributed by atoms with Crippen LogP contribution in [-0.2, 0) is 0 Å². The average molecular weight is 176 g/mol. The maximum Gasteiger partial charge on any atom is 0.121 e. The largest absolute Gasteiger partial charge is 0.212 e. The number of hydrogen-bond donors (Lipinski definition) is 1. The monoisotopic (exact) mass is 175 g/mol. The summed E-state index contributed by atoms with van der Waals surface area (Å²) in [5.41, 5.74) is 0.669. The molecule has 3 heteroatoms. The highest BCUT2D eigenvalue weighted by atomic mass is 35.5. The second-order valence-corrected chi connectivity index (χ2v) is 2.54. The SMILES string of the molecule is ClNC(Cl)c1ccccc1. The molecule has 0 fully saturated rings. The molecule has 0 bridgehead atoms. The Morgan fingerprint density at radius 3 is 2.30 bits per heavy atom. The molecule has 1 unspecified atom stereocenters. The first kappa shape index (κ1) is 7.86. The van der Waals surface area contributed by atoms with Crippen LogP contribution >= 0.6 is 23.4 Å². The van der Waals surface area contributed by atoms with Crippen LogP contribution in [0.2, 0.25) is 0 Å². The lowest BCUT2D eigenvalue weighted by Gasteiger charge is -2.04. The molecule has 0 saturated heterocycles. The molecule has 0 aliphatic rings. The summed E-state index contributed by atoms with van der Waals surface area (Å²) < 4.78 is 0. The van der Waals surface area contributed by atoms with Gasteiger partial charge in [-0.3, -0.25) is 0 Å². The summed E-state index contributed by atoms with van der Waals surface area (Å²) >= 11 is 11.1. The third-order valence-electron chi connectivity index (χ3n) is 1.19. The van der Waals surface area contributed by atoms with E-state index in [2.05, 4.69) is 4.84 Å². The molecule has 1 atom stereocenters. The van der Waals surface area contributed by atoms with Gasteiger partial charge in [0.15, 0.2) is 0 Å². The highest BCUT2D eigenvalue weighted by molar-refractivity contribution is 6.25. The third kappa shape index (κ3) is 1.87. The Labute approximate surface area is 70.1 Å². The zero-order valence-corrected chi connectivity index (χ0v) is 6.73. The van der Waals surface area contributed by atoms with Crippen molar-refractivity contribution in [2.24, 2.45) is 0 Å². The topological polar surface area (TPSA) is 12.0 Å². The Morgan fingerprint density at radius 1 is 1.20 bits per heavy atom. The zero-order chi connectivity index (χ0) is 7.40. The number of nitrogens with one attached hydrogen (secondary N) is 1. The first-order chi connectivity index (χ1) is 4.84. The van der Waals surface area contributed by atoms with Crippen LogP contribution in [0.4, 0.5) is 0 Å². The molecule has 0 aliphatic carbocycles. The van der Waals surface area contributed by atoms with E-state index in [1.165, 1.54) is 0 Å². The molecule has 10 heavy (non-hydrogen) atoms. The van der Waals surface area contributed by atoms with Gasteiger partial charge < -0.3 is 0 Å². The van der Waals surface area contributed by atoms with Gasteiger partial charge in [-0.05, 0) is 17.3 Å². The molecule has 0 amide bonds. The molecule has 0 aromatic heterocycles. The van der Waals surface area contributed by atoms with Gasteiger partial charge in [-0.25, -0.2) is 4.84 Å². The van der Waals surface area contributed by atoms with Gasteiger partial charge in [-0.1, -0.05) is 41.9 Å². The van der Waals surface area contributed by atoms with Crippen molar-refractivity contribution in [2.45, 2.75) is 5.50 Å². The predicted octanol–water partition coefficient (Wildman–Crippen LogP) is 2.67. The van der Waals surface area contributed by atoms with Gasteiger partial charge in [0.2, 0.25) is 0 Å². The van der Waals surface area contributed by atoms with E-state index >= 15 is 0 Å². The molecular formula is C7H7Cl2N. The van der Waals surface area contributed by atoms with Crippen LogP contribution in [0.3, 0.4) is 0 Å². The number of rotatable bonds is 2. The van der Waals surface area contributed by atoms with Gasteiger partial charge in [0, 0.05) is 0 Å². The normalized spacial score (nSPS) is 13.0. The van der Waals surface area contributed by atoms with Crippen molar-refractivity contribution in [3.8, 4) is 0 Å². The lowest BCUT2D eigenvalue weighted by Crippen LogP contribution is -2.02. The van der Waals surface area contributed by atoms with Crippen LogP contribution in [0.5, 0.6) is 0 Å². The molecule has 0 heterocycles. The van der Waals surface area contributed by atoms with E-state index < -0.39 is 0 Å². The Morgan fingerprint density at radius 2 is 1.80 bits per heavy atom. The molecule has 0 spiro atoms. The fourth-order valence-electron chi connectivity index (χ4n) is 0.685. The van der Waals surface area contributed by atoms with Gasteiger partial charge in [0.25, 0.3) is 0 Å². The van der Waals surface area contributed by atoms with Gasteiger partial charge >= 0.3 is 0 Å². The smallest absolute Gasteiger partial charge is 0.121 e. The lowest BCUT2D eigenvalue weighted by atomic mass is 10.2. The Hall–Kier alpha value is -0.240. The van der Waals surface area contributed by atoms with Crippen molar-refractivity contribution in [1.29, 1.82) is 0 Å². The second kappa shape index (κ2) is 3.81. The third-order valence-corrected chi connectivity index (χ3v) is 1.88. The fourth-order valence-corrected chi connectivity index (χ4v) is 0.956. The van der Waals surface area contributed by atoms with Crippen LogP contribution < -0.4 is 4.84 Å². The molecule has 1 rings (SSSR count). The van der Waals surface area contributed by atoms with Crippen LogP contribution in [0, 0.1) is 0 Å². The van der Waals surface area contributed by atoms with Gasteiger partial charge in [-0.2, -0.15) is 0 Å². The Bertz CT molecular complexity index is 188. The number of alkyl halides is 1. The maximum absolute atomic E-state index is 5.75. The van der Waals surface area contributed by atoms with E-state index in [9.17, 15) is 0 Å². The number of hydrogen-bond acceptors (Lipinski definition) is 1. The van der Waals surface area contributed by atoms with E-state index in [0.29, 0.717) is 0 Å². The summed E-state index contributed by atoms with van der Waals surface area (Å²) in [5.74, 6) is 0. The Balaban J connectivity index is 2.75. The van der Waals surface area contributed by atoms with Crippen molar-refractivity contribution in [3.63, 3.8) is 0 Å². The highest BCUT2D eigenvalue weighted by Gasteiger charge is 2.02. The minimum Gasteiger partial charge on any atom is -0.212 e. The molecule has 0 saturated carbocycles. The molecule has 1 nitrogen and oxygen atoms in total. The van der Waals surface area contributed by atoms with Crippen molar-refractivity contribution in [3.05, 3.63) is 35.9 Å². The van der Waals surface area contributed by atoms with Gasteiger partial charge in [0.1, 0.15) is 5.50 Å². The van der Waals surface area contributed by atoms with Crippen molar-refractivity contribution >= 4 is 23.4 Å². The molecule has 54 valence electrons. The lowest BCUT2D eigenvalue weighted by molar-refractivity contribution is 0.918. The van der Waals surface area contributed by atoms with E-state index in [1.807, 2.05) is 30.3 Å². The summed E-state index contributed by atoms with van der Waals surface area (Å²) in [5, 5.41) is 0. The first-order valence-corrected chi connectivity index (χ1v) is 3.71. The van der Waals surface area contributed by atoms with E-state index in [4.69, 9.17) is 23.4 Å². The number of halogens is 2. The zero-order valence-electron chi connectivity index (χ0n) is 5.22. The highest BCUT2D eigenvalue weighted by Crippen LogP contribution is 2.16. The number of benzene rings is 1. The van der Waals surface area contributed by atoms with Gasteiger partial charge in [-0.15, -0.1) is 0 Å².